The Morgan fingerprint density at radius 3 is 3.08 bits per heavy atom. The zero-order valence-corrected chi connectivity index (χ0v) is 7.80. The van der Waals surface area contributed by atoms with Gasteiger partial charge in [0.25, 0.3) is 0 Å². The van der Waals surface area contributed by atoms with Crippen LogP contribution in [0.15, 0.2) is 18.2 Å². The van der Waals surface area contributed by atoms with Crippen LogP contribution in [0.1, 0.15) is 12.0 Å². The minimum absolute atomic E-state index is 0.223. The van der Waals surface area contributed by atoms with Gasteiger partial charge in [-0.05, 0) is 12.1 Å². The van der Waals surface area contributed by atoms with Crippen molar-refractivity contribution in [1.29, 1.82) is 0 Å². The molecule has 1 heterocycles. The normalized spacial score (nSPS) is 15.9. The molecular formula is C10H9ClO2. The van der Waals surface area contributed by atoms with Gasteiger partial charge in [0, 0.05) is 23.4 Å². The van der Waals surface area contributed by atoms with E-state index in [1.807, 2.05) is 6.07 Å². The van der Waals surface area contributed by atoms with Crippen LogP contribution in [-0.2, 0) is 11.2 Å². The molecule has 0 bridgehead atoms. The van der Waals surface area contributed by atoms with Crippen LogP contribution in [0, 0.1) is 0 Å². The van der Waals surface area contributed by atoms with Crippen LogP contribution in [0.25, 0.3) is 0 Å². The van der Waals surface area contributed by atoms with Crippen LogP contribution in [0.4, 0.5) is 0 Å². The molecule has 1 aromatic carbocycles. The number of ether oxygens (including phenoxy) is 1. The molecule has 0 aliphatic carbocycles. The smallest absolute Gasteiger partial charge is 0.140 e. The highest BCUT2D eigenvalue weighted by atomic mass is 35.5. The third kappa shape index (κ3) is 1.83. The molecule has 0 atom stereocenters. The van der Waals surface area contributed by atoms with E-state index in [0.29, 0.717) is 24.5 Å². The average Bonchev–Trinajstić information content (AvgIpc) is 2.25. The lowest BCUT2D eigenvalue weighted by Gasteiger charge is -2.05. The molecule has 1 aliphatic rings. The fraction of sp³-hybridized carbons (Fsp3) is 0.300. The van der Waals surface area contributed by atoms with Crippen molar-refractivity contribution in [3.8, 4) is 5.75 Å². The summed E-state index contributed by atoms with van der Waals surface area (Å²) >= 11 is 5.80. The number of hydrogen-bond donors (Lipinski definition) is 0. The number of carbonyl (C=O) groups is 1. The summed E-state index contributed by atoms with van der Waals surface area (Å²) in [4.78, 5) is 11.2. The summed E-state index contributed by atoms with van der Waals surface area (Å²) in [5, 5.41) is 0.646. The van der Waals surface area contributed by atoms with Crippen molar-refractivity contribution in [2.45, 2.75) is 12.8 Å². The zero-order chi connectivity index (χ0) is 9.26. The van der Waals surface area contributed by atoms with Gasteiger partial charge in [-0.25, -0.2) is 0 Å². The monoisotopic (exact) mass is 196 g/mol. The zero-order valence-electron chi connectivity index (χ0n) is 7.05. The highest BCUT2D eigenvalue weighted by Gasteiger charge is 2.14. The molecule has 0 radical (unpaired) electrons. The van der Waals surface area contributed by atoms with E-state index in [4.69, 9.17) is 16.3 Å². The number of benzene rings is 1. The molecule has 0 spiro atoms. The van der Waals surface area contributed by atoms with Gasteiger partial charge in [0.05, 0.1) is 6.61 Å². The first-order chi connectivity index (χ1) is 6.25. The van der Waals surface area contributed by atoms with Gasteiger partial charge < -0.3 is 4.74 Å². The summed E-state index contributed by atoms with van der Waals surface area (Å²) in [5.41, 5.74) is 0.937. The Morgan fingerprint density at radius 1 is 1.38 bits per heavy atom. The lowest BCUT2D eigenvalue weighted by molar-refractivity contribution is -0.118. The first-order valence-electron chi connectivity index (χ1n) is 4.18. The number of ketones is 1. The van der Waals surface area contributed by atoms with Crippen LogP contribution in [0.3, 0.4) is 0 Å². The second-order valence-electron chi connectivity index (χ2n) is 3.07. The Morgan fingerprint density at radius 2 is 2.23 bits per heavy atom. The van der Waals surface area contributed by atoms with Gasteiger partial charge in [-0.2, -0.15) is 0 Å². The number of fused-ring (bicyclic) bond motifs is 1. The second kappa shape index (κ2) is 3.38. The predicted molar refractivity (Wildman–Crippen MR) is 50.3 cm³/mol. The molecule has 0 fully saturated rings. The van der Waals surface area contributed by atoms with E-state index >= 15 is 0 Å². The molecule has 0 unspecified atom stereocenters. The topological polar surface area (TPSA) is 26.3 Å². The van der Waals surface area contributed by atoms with E-state index in [-0.39, 0.29) is 5.78 Å². The van der Waals surface area contributed by atoms with Crippen LogP contribution in [0.2, 0.25) is 5.02 Å². The number of rotatable bonds is 0. The van der Waals surface area contributed by atoms with Crippen molar-refractivity contribution in [2.75, 3.05) is 6.61 Å². The lowest BCUT2D eigenvalue weighted by atomic mass is 10.1. The SMILES string of the molecule is O=C1CCOc2cc(Cl)ccc2C1. The van der Waals surface area contributed by atoms with E-state index in [2.05, 4.69) is 0 Å². The Bertz CT molecular complexity index is 347. The minimum Gasteiger partial charge on any atom is -0.493 e. The Hall–Kier alpha value is -1.02. The van der Waals surface area contributed by atoms with E-state index in [1.54, 1.807) is 12.1 Å². The molecular weight excluding hydrogens is 188 g/mol. The summed E-state index contributed by atoms with van der Waals surface area (Å²) in [7, 11) is 0. The molecule has 0 N–H and O–H groups in total. The molecule has 0 amide bonds. The molecule has 0 saturated heterocycles. The fourth-order valence-electron chi connectivity index (χ4n) is 1.38. The summed E-state index contributed by atoms with van der Waals surface area (Å²) in [6.45, 7) is 0.464. The van der Waals surface area contributed by atoms with Crippen molar-refractivity contribution in [1.82, 2.24) is 0 Å². The molecule has 0 aromatic heterocycles. The van der Waals surface area contributed by atoms with E-state index in [9.17, 15) is 4.79 Å². The van der Waals surface area contributed by atoms with Gasteiger partial charge in [0.15, 0.2) is 0 Å². The van der Waals surface area contributed by atoms with Crippen molar-refractivity contribution in [3.05, 3.63) is 28.8 Å². The minimum atomic E-state index is 0.223. The molecule has 0 saturated carbocycles. The van der Waals surface area contributed by atoms with Gasteiger partial charge in [-0.15, -0.1) is 0 Å². The number of Topliss-reactive ketones (excluding diaryl/α,β-unsaturated/α-hetero) is 1. The number of carbonyl (C=O) groups excluding carboxylic acids is 1. The van der Waals surface area contributed by atoms with E-state index < -0.39 is 0 Å². The molecule has 3 heteroatoms. The highest BCUT2D eigenvalue weighted by molar-refractivity contribution is 6.30. The van der Waals surface area contributed by atoms with Crippen molar-refractivity contribution >= 4 is 17.4 Å². The molecule has 2 rings (SSSR count). The molecule has 1 aromatic rings. The quantitative estimate of drug-likeness (QED) is 0.636. The maximum Gasteiger partial charge on any atom is 0.140 e. The third-order valence-corrected chi connectivity index (χ3v) is 2.29. The second-order valence-corrected chi connectivity index (χ2v) is 3.50. The maximum atomic E-state index is 11.2. The first-order valence-corrected chi connectivity index (χ1v) is 4.56. The summed E-state index contributed by atoms with van der Waals surface area (Å²) in [6, 6.07) is 5.39. The molecule has 1 aliphatic heterocycles. The third-order valence-electron chi connectivity index (χ3n) is 2.06. The van der Waals surface area contributed by atoms with Gasteiger partial charge in [0.1, 0.15) is 11.5 Å². The van der Waals surface area contributed by atoms with E-state index in [0.717, 1.165) is 11.3 Å². The standard InChI is InChI=1S/C10H9ClO2/c11-8-2-1-7-5-9(12)3-4-13-10(7)6-8/h1-2,6H,3-5H2. The lowest BCUT2D eigenvalue weighted by Crippen LogP contribution is -2.02. The highest BCUT2D eigenvalue weighted by Crippen LogP contribution is 2.26. The Labute approximate surface area is 81.5 Å². The maximum absolute atomic E-state index is 11.2. The van der Waals surface area contributed by atoms with Crippen LogP contribution < -0.4 is 4.74 Å². The van der Waals surface area contributed by atoms with Crippen molar-refractivity contribution < 1.29 is 9.53 Å². The molecule has 2 nitrogen and oxygen atoms in total. The Balaban J connectivity index is 2.40. The van der Waals surface area contributed by atoms with Gasteiger partial charge in [-0.1, -0.05) is 17.7 Å². The fourth-order valence-corrected chi connectivity index (χ4v) is 1.55. The van der Waals surface area contributed by atoms with Crippen LogP contribution in [-0.4, -0.2) is 12.4 Å². The van der Waals surface area contributed by atoms with E-state index in [1.165, 1.54) is 0 Å². The first kappa shape index (κ1) is 8.57. The Kier molecular flexibility index (Phi) is 2.23. The molecule has 68 valence electrons. The largest absolute Gasteiger partial charge is 0.493 e. The average molecular weight is 197 g/mol. The summed E-state index contributed by atoms with van der Waals surface area (Å²) in [5.74, 6) is 0.972. The van der Waals surface area contributed by atoms with Crippen molar-refractivity contribution in [3.63, 3.8) is 0 Å². The van der Waals surface area contributed by atoms with Gasteiger partial charge in [0.2, 0.25) is 0 Å². The summed E-state index contributed by atoms with van der Waals surface area (Å²) in [6.07, 6.45) is 0.957. The van der Waals surface area contributed by atoms with Gasteiger partial charge >= 0.3 is 0 Å². The number of hydrogen-bond acceptors (Lipinski definition) is 2. The van der Waals surface area contributed by atoms with Crippen molar-refractivity contribution in [2.24, 2.45) is 0 Å². The van der Waals surface area contributed by atoms with Gasteiger partial charge in [-0.3, -0.25) is 4.79 Å². The summed E-state index contributed by atoms with van der Waals surface area (Å²) < 4.78 is 5.39. The number of halogens is 1. The van der Waals surface area contributed by atoms with Crippen LogP contribution in [0.5, 0.6) is 5.75 Å². The predicted octanol–water partition coefficient (Wildman–Crippen LogP) is 2.23. The molecule has 13 heavy (non-hydrogen) atoms. The van der Waals surface area contributed by atoms with Crippen LogP contribution >= 0.6 is 11.6 Å².